The Labute approximate surface area is 86.5 Å². The van der Waals surface area contributed by atoms with Gasteiger partial charge in [-0.05, 0) is 31.8 Å². The van der Waals surface area contributed by atoms with Gasteiger partial charge >= 0.3 is 0 Å². The van der Waals surface area contributed by atoms with Crippen molar-refractivity contribution in [3.63, 3.8) is 0 Å². The molecule has 0 bridgehead atoms. The van der Waals surface area contributed by atoms with Crippen LogP contribution >= 0.6 is 12.2 Å². The van der Waals surface area contributed by atoms with Gasteiger partial charge in [0.05, 0.1) is 4.99 Å². The van der Waals surface area contributed by atoms with Gasteiger partial charge in [-0.2, -0.15) is 0 Å². The number of thiocarbonyl (C=S) groups is 1. The molecule has 0 aromatic rings. The SMILES string of the molecule is CCCC1CCN(CC(N)=S)CC1. The van der Waals surface area contributed by atoms with Gasteiger partial charge in [0.2, 0.25) is 0 Å². The average molecular weight is 200 g/mol. The Kier molecular flexibility index (Phi) is 4.67. The summed E-state index contributed by atoms with van der Waals surface area (Å²) in [5.41, 5.74) is 5.51. The number of likely N-dealkylation sites (tertiary alicyclic amines) is 1. The number of hydrogen-bond donors (Lipinski definition) is 1. The lowest BCUT2D eigenvalue weighted by Gasteiger charge is -2.31. The largest absolute Gasteiger partial charge is 0.392 e. The van der Waals surface area contributed by atoms with Crippen LogP contribution in [0.1, 0.15) is 32.6 Å². The zero-order chi connectivity index (χ0) is 9.68. The van der Waals surface area contributed by atoms with Gasteiger partial charge in [0.15, 0.2) is 0 Å². The third kappa shape index (κ3) is 4.05. The lowest BCUT2D eigenvalue weighted by atomic mass is 9.92. The van der Waals surface area contributed by atoms with Crippen LogP contribution in [0.2, 0.25) is 0 Å². The Morgan fingerprint density at radius 2 is 2.08 bits per heavy atom. The predicted molar refractivity (Wildman–Crippen MR) is 60.9 cm³/mol. The van der Waals surface area contributed by atoms with Crippen molar-refractivity contribution in [3.8, 4) is 0 Å². The lowest BCUT2D eigenvalue weighted by molar-refractivity contribution is 0.199. The van der Waals surface area contributed by atoms with Crippen LogP contribution in [0.3, 0.4) is 0 Å². The van der Waals surface area contributed by atoms with E-state index in [-0.39, 0.29) is 0 Å². The molecule has 1 aliphatic heterocycles. The van der Waals surface area contributed by atoms with E-state index in [4.69, 9.17) is 18.0 Å². The summed E-state index contributed by atoms with van der Waals surface area (Å²) in [5, 5.41) is 0. The summed E-state index contributed by atoms with van der Waals surface area (Å²) in [6, 6.07) is 0. The number of hydrogen-bond acceptors (Lipinski definition) is 2. The molecule has 13 heavy (non-hydrogen) atoms. The Hall–Kier alpha value is -0.150. The van der Waals surface area contributed by atoms with Gasteiger partial charge in [0.25, 0.3) is 0 Å². The molecule has 1 saturated heterocycles. The second kappa shape index (κ2) is 5.55. The summed E-state index contributed by atoms with van der Waals surface area (Å²) < 4.78 is 0. The third-order valence-corrected chi connectivity index (χ3v) is 2.91. The summed E-state index contributed by atoms with van der Waals surface area (Å²) in [7, 11) is 0. The molecule has 76 valence electrons. The highest BCUT2D eigenvalue weighted by molar-refractivity contribution is 7.80. The molecule has 2 N–H and O–H groups in total. The van der Waals surface area contributed by atoms with Crippen LogP contribution in [-0.2, 0) is 0 Å². The van der Waals surface area contributed by atoms with Crippen LogP contribution in [0.15, 0.2) is 0 Å². The topological polar surface area (TPSA) is 29.3 Å². The second-order valence-electron chi connectivity index (χ2n) is 3.97. The van der Waals surface area contributed by atoms with Crippen molar-refractivity contribution in [2.75, 3.05) is 19.6 Å². The second-order valence-corrected chi connectivity index (χ2v) is 4.50. The molecule has 0 aromatic heterocycles. The molecule has 3 heteroatoms. The van der Waals surface area contributed by atoms with Crippen LogP contribution in [0.25, 0.3) is 0 Å². The van der Waals surface area contributed by atoms with Crippen molar-refractivity contribution >= 4 is 17.2 Å². The van der Waals surface area contributed by atoms with Gasteiger partial charge < -0.3 is 5.73 Å². The Morgan fingerprint density at radius 1 is 1.46 bits per heavy atom. The highest BCUT2D eigenvalue weighted by atomic mass is 32.1. The van der Waals surface area contributed by atoms with E-state index in [1.807, 2.05) is 0 Å². The Balaban J connectivity index is 2.18. The van der Waals surface area contributed by atoms with E-state index in [1.54, 1.807) is 0 Å². The molecular weight excluding hydrogens is 180 g/mol. The summed E-state index contributed by atoms with van der Waals surface area (Å²) in [5.74, 6) is 0.951. The minimum atomic E-state index is 0.633. The van der Waals surface area contributed by atoms with E-state index >= 15 is 0 Å². The van der Waals surface area contributed by atoms with Crippen molar-refractivity contribution < 1.29 is 0 Å². The van der Waals surface area contributed by atoms with Crippen LogP contribution in [-0.4, -0.2) is 29.5 Å². The lowest BCUT2D eigenvalue weighted by Crippen LogP contribution is -2.38. The maximum Gasteiger partial charge on any atom is 0.0870 e. The molecule has 1 aliphatic rings. The van der Waals surface area contributed by atoms with Crippen LogP contribution in [0.5, 0.6) is 0 Å². The van der Waals surface area contributed by atoms with Gasteiger partial charge in [0, 0.05) is 6.54 Å². The van der Waals surface area contributed by atoms with Crippen molar-refractivity contribution in [1.82, 2.24) is 4.90 Å². The molecule has 1 fully saturated rings. The van der Waals surface area contributed by atoms with Gasteiger partial charge in [0.1, 0.15) is 0 Å². The predicted octanol–water partition coefficient (Wildman–Crippen LogP) is 1.78. The molecule has 0 saturated carbocycles. The zero-order valence-corrected chi connectivity index (χ0v) is 9.28. The van der Waals surface area contributed by atoms with Crippen molar-refractivity contribution in [2.24, 2.45) is 11.7 Å². The van der Waals surface area contributed by atoms with E-state index < -0.39 is 0 Å². The molecule has 0 unspecified atom stereocenters. The molecule has 0 aliphatic carbocycles. The smallest absolute Gasteiger partial charge is 0.0870 e. The first kappa shape index (κ1) is 10.9. The normalized spacial score (nSPS) is 20.4. The fraction of sp³-hybridized carbons (Fsp3) is 0.900. The van der Waals surface area contributed by atoms with E-state index in [0.29, 0.717) is 4.99 Å². The van der Waals surface area contributed by atoms with Crippen LogP contribution in [0.4, 0.5) is 0 Å². The maximum absolute atomic E-state index is 5.51. The monoisotopic (exact) mass is 200 g/mol. The standard InChI is InChI=1S/C10H20N2S/c1-2-3-9-4-6-12(7-5-9)8-10(11)13/h9H,2-8H2,1H3,(H2,11,13). The van der Waals surface area contributed by atoms with Gasteiger partial charge in [-0.25, -0.2) is 0 Å². The van der Waals surface area contributed by atoms with E-state index in [0.717, 1.165) is 12.5 Å². The molecule has 0 amide bonds. The summed E-state index contributed by atoms with van der Waals surface area (Å²) >= 11 is 4.89. The summed E-state index contributed by atoms with van der Waals surface area (Å²) in [4.78, 5) is 3.00. The highest BCUT2D eigenvalue weighted by Crippen LogP contribution is 2.21. The van der Waals surface area contributed by atoms with E-state index in [1.165, 1.54) is 38.8 Å². The van der Waals surface area contributed by atoms with Crippen molar-refractivity contribution in [2.45, 2.75) is 32.6 Å². The number of piperidine rings is 1. The maximum atomic E-state index is 5.51. The van der Waals surface area contributed by atoms with E-state index in [2.05, 4.69) is 11.8 Å². The van der Waals surface area contributed by atoms with Crippen molar-refractivity contribution in [3.05, 3.63) is 0 Å². The molecular formula is C10H20N2S. The molecule has 1 heterocycles. The molecule has 0 spiro atoms. The van der Waals surface area contributed by atoms with Gasteiger partial charge in [-0.3, -0.25) is 4.90 Å². The minimum absolute atomic E-state index is 0.633. The zero-order valence-electron chi connectivity index (χ0n) is 8.46. The molecule has 0 radical (unpaired) electrons. The Bertz CT molecular complexity index is 162. The number of rotatable bonds is 4. The van der Waals surface area contributed by atoms with E-state index in [9.17, 15) is 0 Å². The first-order valence-electron chi connectivity index (χ1n) is 5.23. The molecule has 0 aromatic carbocycles. The molecule has 0 atom stereocenters. The third-order valence-electron chi connectivity index (χ3n) is 2.78. The quantitative estimate of drug-likeness (QED) is 0.702. The van der Waals surface area contributed by atoms with Crippen LogP contribution < -0.4 is 5.73 Å². The van der Waals surface area contributed by atoms with Crippen LogP contribution in [0, 0.1) is 5.92 Å². The average Bonchev–Trinajstić information content (AvgIpc) is 2.08. The van der Waals surface area contributed by atoms with Gasteiger partial charge in [-0.1, -0.05) is 32.0 Å². The number of nitrogens with two attached hydrogens (primary N) is 1. The number of nitrogens with zero attached hydrogens (tertiary/aromatic N) is 1. The van der Waals surface area contributed by atoms with Crippen molar-refractivity contribution in [1.29, 1.82) is 0 Å². The Morgan fingerprint density at radius 3 is 2.54 bits per heavy atom. The molecule has 2 nitrogen and oxygen atoms in total. The highest BCUT2D eigenvalue weighted by Gasteiger charge is 2.18. The first-order chi connectivity index (χ1) is 6.22. The fourth-order valence-electron chi connectivity index (χ4n) is 2.06. The fourth-order valence-corrected chi connectivity index (χ4v) is 2.24. The summed E-state index contributed by atoms with van der Waals surface area (Å²) in [6.07, 6.45) is 5.37. The molecule has 1 rings (SSSR count). The van der Waals surface area contributed by atoms with Gasteiger partial charge in [-0.15, -0.1) is 0 Å². The minimum Gasteiger partial charge on any atom is -0.392 e. The first-order valence-corrected chi connectivity index (χ1v) is 5.64. The summed E-state index contributed by atoms with van der Waals surface area (Å²) in [6.45, 7) is 5.44.